The van der Waals surface area contributed by atoms with Crippen molar-refractivity contribution in [3.63, 3.8) is 0 Å². The number of amides is 2. The lowest BCUT2D eigenvalue weighted by Gasteiger charge is -2.55. The fourth-order valence-electron chi connectivity index (χ4n) is 5.98. The zero-order valence-electron chi connectivity index (χ0n) is 15.5. The Hall–Kier alpha value is -1.32. The van der Waals surface area contributed by atoms with E-state index in [9.17, 15) is 9.59 Å². The van der Waals surface area contributed by atoms with Gasteiger partial charge in [0.1, 0.15) is 6.04 Å². The van der Waals surface area contributed by atoms with Crippen molar-refractivity contribution in [3.8, 4) is 0 Å². The number of primary amides is 1. The molecule has 0 aromatic heterocycles. The maximum Gasteiger partial charge on any atom is 0.239 e. The molecular weight excluding hydrogens is 312 g/mol. The Labute approximate surface area is 152 Å². The highest BCUT2D eigenvalue weighted by atomic mass is 16.2. The van der Waals surface area contributed by atoms with Gasteiger partial charge in [-0.2, -0.15) is 0 Å². The third-order valence-corrected chi connectivity index (χ3v) is 6.82. The Morgan fingerprint density at radius 1 is 1.04 bits per heavy atom. The van der Waals surface area contributed by atoms with Gasteiger partial charge >= 0.3 is 0 Å². The Morgan fingerprint density at radius 2 is 1.60 bits per heavy atom. The van der Waals surface area contributed by atoms with E-state index in [4.69, 9.17) is 5.73 Å². The number of nitrogens with one attached hydrogen (secondary N) is 1. The Kier molecular flexibility index (Phi) is 5.85. The zero-order chi connectivity index (χ0) is 17.9. The van der Waals surface area contributed by atoms with Gasteiger partial charge in [-0.15, -0.1) is 6.58 Å². The van der Waals surface area contributed by atoms with Crippen LogP contribution in [0.15, 0.2) is 12.7 Å². The molecule has 0 aromatic rings. The average Bonchev–Trinajstić information content (AvgIpc) is 2.55. The van der Waals surface area contributed by atoms with Gasteiger partial charge < -0.3 is 11.1 Å². The Morgan fingerprint density at radius 3 is 2.12 bits per heavy atom. The SMILES string of the molecule is C=CCCCCCC[C@@H](NC(=O)C12CC3CC(CC(C3)C1)C2)C(N)=O. The average molecular weight is 347 g/mol. The largest absolute Gasteiger partial charge is 0.368 e. The summed E-state index contributed by atoms with van der Waals surface area (Å²) in [6, 6.07) is -0.500. The number of hydrogen-bond donors (Lipinski definition) is 2. The van der Waals surface area contributed by atoms with E-state index < -0.39 is 6.04 Å². The summed E-state index contributed by atoms with van der Waals surface area (Å²) < 4.78 is 0. The van der Waals surface area contributed by atoms with Gasteiger partial charge in [0.2, 0.25) is 11.8 Å². The van der Waals surface area contributed by atoms with Gasteiger partial charge in [0, 0.05) is 5.41 Å². The number of hydrogen-bond acceptors (Lipinski definition) is 2. The second kappa shape index (κ2) is 7.92. The van der Waals surface area contributed by atoms with Crippen molar-refractivity contribution in [1.82, 2.24) is 5.32 Å². The molecule has 25 heavy (non-hydrogen) atoms. The normalized spacial score (nSPS) is 33.8. The van der Waals surface area contributed by atoms with Crippen molar-refractivity contribution in [2.75, 3.05) is 0 Å². The second-order valence-electron chi connectivity index (χ2n) is 8.91. The first kappa shape index (κ1) is 18.5. The predicted molar refractivity (Wildman–Crippen MR) is 99.6 cm³/mol. The minimum atomic E-state index is -0.500. The lowest BCUT2D eigenvalue weighted by atomic mass is 9.49. The van der Waals surface area contributed by atoms with Crippen molar-refractivity contribution in [2.24, 2.45) is 28.9 Å². The monoisotopic (exact) mass is 346 g/mol. The number of nitrogens with two attached hydrogens (primary N) is 1. The first-order chi connectivity index (χ1) is 12.0. The van der Waals surface area contributed by atoms with E-state index in [1.807, 2.05) is 6.08 Å². The zero-order valence-corrected chi connectivity index (χ0v) is 15.5. The van der Waals surface area contributed by atoms with E-state index in [-0.39, 0.29) is 17.2 Å². The van der Waals surface area contributed by atoms with Crippen molar-refractivity contribution in [1.29, 1.82) is 0 Å². The smallest absolute Gasteiger partial charge is 0.239 e. The van der Waals surface area contributed by atoms with E-state index in [2.05, 4.69) is 11.9 Å². The third-order valence-electron chi connectivity index (χ3n) is 6.82. The molecule has 0 saturated heterocycles. The van der Waals surface area contributed by atoms with E-state index in [1.165, 1.54) is 19.3 Å². The van der Waals surface area contributed by atoms with Crippen LogP contribution in [0, 0.1) is 23.2 Å². The van der Waals surface area contributed by atoms with E-state index in [0.29, 0.717) is 6.42 Å². The quantitative estimate of drug-likeness (QED) is 0.467. The maximum absolute atomic E-state index is 13.1. The lowest BCUT2D eigenvalue weighted by Crippen LogP contribution is -2.56. The summed E-state index contributed by atoms with van der Waals surface area (Å²) in [7, 11) is 0. The highest BCUT2D eigenvalue weighted by Gasteiger charge is 2.54. The van der Waals surface area contributed by atoms with Gasteiger partial charge in [0.05, 0.1) is 0 Å². The van der Waals surface area contributed by atoms with Crippen LogP contribution in [0.2, 0.25) is 0 Å². The second-order valence-corrected chi connectivity index (χ2v) is 8.91. The van der Waals surface area contributed by atoms with E-state index in [0.717, 1.165) is 69.1 Å². The maximum atomic E-state index is 13.1. The van der Waals surface area contributed by atoms with Crippen molar-refractivity contribution >= 4 is 11.8 Å². The highest BCUT2D eigenvalue weighted by Crippen LogP contribution is 2.60. The van der Waals surface area contributed by atoms with Gasteiger partial charge in [0.15, 0.2) is 0 Å². The molecule has 2 amide bonds. The molecule has 140 valence electrons. The van der Waals surface area contributed by atoms with Crippen LogP contribution >= 0.6 is 0 Å². The molecule has 0 radical (unpaired) electrons. The number of unbranched alkanes of at least 4 members (excludes halogenated alkanes) is 4. The topological polar surface area (TPSA) is 72.2 Å². The fourth-order valence-corrected chi connectivity index (χ4v) is 5.98. The van der Waals surface area contributed by atoms with Crippen LogP contribution in [0.25, 0.3) is 0 Å². The summed E-state index contributed by atoms with van der Waals surface area (Å²) in [5.74, 6) is 1.92. The van der Waals surface area contributed by atoms with Crippen molar-refractivity contribution in [2.45, 2.75) is 83.1 Å². The Bertz CT molecular complexity index is 479. The summed E-state index contributed by atoms with van der Waals surface area (Å²) >= 11 is 0. The number of allylic oxidation sites excluding steroid dienone is 1. The van der Waals surface area contributed by atoms with Crippen LogP contribution in [0.5, 0.6) is 0 Å². The van der Waals surface area contributed by atoms with Crippen LogP contribution < -0.4 is 11.1 Å². The summed E-state index contributed by atoms with van der Waals surface area (Å²) in [5, 5.41) is 3.05. The van der Waals surface area contributed by atoms with Crippen molar-refractivity contribution in [3.05, 3.63) is 12.7 Å². The molecule has 4 rings (SSSR count). The van der Waals surface area contributed by atoms with Crippen LogP contribution in [-0.4, -0.2) is 17.9 Å². The highest BCUT2D eigenvalue weighted by molar-refractivity contribution is 5.89. The summed E-state index contributed by atoms with van der Waals surface area (Å²) in [6.07, 6.45) is 15.0. The molecule has 1 atom stereocenters. The molecule has 0 spiro atoms. The molecule has 4 saturated carbocycles. The van der Waals surface area contributed by atoms with E-state index in [1.54, 1.807) is 0 Å². The number of carbonyl (C=O) groups excluding carboxylic acids is 2. The lowest BCUT2D eigenvalue weighted by molar-refractivity contribution is -0.148. The molecule has 0 unspecified atom stereocenters. The van der Waals surface area contributed by atoms with Crippen LogP contribution in [0.4, 0.5) is 0 Å². The Balaban J connectivity index is 1.51. The molecule has 4 aliphatic carbocycles. The van der Waals surface area contributed by atoms with Crippen molar-refractivity contribution < 1.29 is 9.59 Å². The van der Waals surface area contributed by atoms with Crippen LogP contribution in [0.3, 0.4) is 0 Å². The predicted octanol–water partition coefficient (Wildman–Crippen LogP) is 3.70. The van der Waals surface area contributed by atoms with Gasteiger partial charge in [-0.25, -0.2) is 0 Å². The van der Waals surface area contributed by atoms with Gasteiger partial charge in [0.25, 0.3) is 0 Å². The summed E-state index contributed by atoms with van der Waals surface area (Å²) in [6.45, 7) is 3.73. The number of carbonyl (C=O) groups is 2. The first-order valence-electron chi connectivity index (χ1n) is 10.2. The van der Waals surface area contributed by atoms with Gasteiger partial charge in [-0.3, -0.25) is 9.59 Å². The molecule has 3 N–H and O–H groups in total. The molecule has 0 aromatic carbocycles. The molecule has 4 bridgehead atoms. The van der Waals surface area contributed by atoms with Crippen LogP contribution in [0.1, 0.15) is 77.0 Å². The van der Waals surface area contributed by atoms with E-state index >= 15 is 0 Å². The molecule has 0 heterocycles. The molecular formula is C21H34N2O2. The minimum Gasteiger partial charge on any atom is -0.368 e. The fraction of sp³-hybridized carbons (Fsp3) is 0.810. The minimum absolute atomic E-state index is 0.113. The summed E-state index contributed by atoms with van der Waals surface area (Å²) in [5.41, 5.74) is 5.37. The van der Waals surface area contributed by atoms with Gasteiger partial charge in [-0.1, -0.05) is 25.3 Å². The number of rotatable bonds is 10. The standard InChI is InChI=1S/C21H34N2O2/c1-2-3-4-5-6-7-8-18(19(22)24)23-20(25)21-12-15-9-16(13-21)11-17(10-15)14-21/h2,15-18H,1,3-14H2,(H2,22,24)(H,23,25)/t15?,16?,17?,18-,21?/m1/s1. The molecule has 0 aliphatic heterocycles. The molecule has 4 heteroatoms. The van der Waals surface area contributed by atoms with Crippen LogP contribution in [-0.2, 0) is 9.59 Å². The van der Waals surface area contributed by atoms with Gasteiger partial charge in [-0.05, 0) is 75.5 Å². The molecule has 4 fully saturated rings. The first-order valence-corrected chi connectivity index (χ1v) is 10.2. The third kappa shape index (κ3) is 4.27. The molecule has 4 nitrogen and oxygen atoms in total. The summed E-state index contributed by atoms with van der Waals surface area (Å²) in [4.78, 5) is 24.9. The molecule has 4 aliphatic rings.